The molecule has 0 saturated heterocycles. The molecule has 1 aromatic heterocycles. The Hall–Kier alpha value is -0.940. The average Bonchev–Trinajstić information content (AvgIpc) is 3.15. The van der Waals surface area contributed by atoms with Crippen molar-refractivity contribution in [1.82, 2.24) is 14.8 Å². The normalized spacial score (nSPS) is 15.3. The van der Waals surface area contributed by atoms with E-state index in [4.69, 9.17) is 0 Å². The van der Waals surface area contributed by atoms with E-state index < -0.39 is 0 Å². The van der Waals surface area contributed by atoms with Crippen LogP contribution >= 0.6 is 21.6 Å². The summed E-state index contributed by atoms with van der Waals surface area (Å²) >= 11 is 0. The summed E-state index contributed by atoms with van der Waals surface area (Å²) < 4.78 is 2.31. The first kappa shape index (κ1) is 22.7. The van der Waals surface area contributed by atoms with Gasteiger partial charge in [-0.1, -0.05) is 88.6 Å². The number of aryl methyl sites for hydroxylation is 1. The maximum absolute atomic E-state index is 4.61. The molecule has 1 fully saturated rings. The Morgan fingerprint density at radius 3 is 2.38 bits per heavy atom. The fraction of sp³-hybridized carbons (Fsp3) is 0.667. The Bertz CT molecular complexity index is 718. The minimum Gasteiger partial charge on any atom is -0.273 e. The van der Waals surface area contributed by atoms with Gasteiger partial charge in [-0.15, -0.1) is 10.2 Å². The van der Waals surface area contributed by atoms with Gasteiger partial charge in [0.25, 0.3) is 0 Å². The third-order valence-corrected chi connectivity index (χ3v) is 8.64. The SMILES string of the molecule is CCCCCCCc1nnc(SSC2CCCCC2)n1-c1ccc(C(C)C)cc1. The molecule has 0 unspecified atom stereocenters. The summed E-state index contributed by atoms with van der Waals surface area (Å²) in [5.74, 6) is 1.67. The van der Waals surface area contributed by atoms with Crippen LogP contribution in [0.3, 0.4) is 0 Å². The molecular weight excluding hydrogens is 394 g/mol. The zero-order valence-corrected chi connectivity index (χ0v) is 20.0. The van der Waals surface area contributed by atoms with Gasteiger partial charge in [-0.25, -0.2) is 0 Å². The fourth-order valence-corrected chi connectivity index (χ4v) is 6.62. The lowest BCUT2D eigenvalue weighted by molar-refractivity contribution is 0.517. The van der Waals surface area contributed by atoms with Crippen molar-refractivity contribution in [3.8, 4) is 5.69 Å². The van der Waals surface area contributed by atoms with Crippen molar-refractivity contribution in [2.75, 3.05) is 0 Å². The van der Waals surface area contributed by atoms with Gasteiger partial charge in [0.1, 0.15) is 5.82 Å². The van der Waals surface area contributed by atoms with Crippen LogP contribution in [0.25, 0.3) is 5.69 Å². The number of rotatable bonds is 11. The van der Waals surface area contributed by atoms with Crippen molar-refractivity contribution in [2.45, 2.75) is 108 Å². The van der Waals surface area contributed by atoms with E-state index in [9.17, 15) is 0 Å². The molecule has 0 amide bonds. The lowest BCUT2D eigenvalue weighted by Gasteiger charge is -2.20. The van der Waals surface area contributed by atoms with E-state index in [2.05, 4.69) is 59.8 Å². The maximum atomic E-state index is 4.61. The molecule has 160 valence electrons. The smallest absolute Gasteiger partial charge is 0.206 e. The highest BCUT2D eigenvalue weighted by molar-refractivity contribution is 8.76. The van der Waals surface area contributed by atoms with E-state index in [1.807, 2.05) is 21.6 Å². The van der Waals surface area contributed by atoms with E-state index in [0.29, 0.717) is 5.92 Å². The third kappa shape index (κ3) is 6.78. The van der Waals surface area contributed by atoms with Crippen molar-refractivity contribution in [3.63, 3.8) is 0 Å². The molecule has 1 aromatic carbocycles. The van der Waals surface area contributed by atoms with Crippen molar-refractivity contribution in [2.24, 2.45) is 0 Å². The van der Waals surface area contributed by atoms with E-state index >= 15 is 0 Å². The third-order valence-electron chi connectivity index (χ3n) is 5.83. The number of hydrogen-bond donors (Lipinski definition) is 0. The van der Waals surface area contributed by atoms with Crippen LogP contribution in [-0.2, 0) is 6.42 Å². The Balaban J connectivity index is 1.73. The van der Waals surface area contributed by atoms with Crippen molar-refractivity contribution in [1.29, 1.82) is 0 Å². The van der Waals surface area contributed by atoms with E-state index in [1.165, 1.54) is 75.5 Å². The summed E-state index contributed by atoms with van der Waals surface area (Å²) in [5.41, 5.74) is 2.59. The van der Waals surface area contributed by atoms with Gasteiger partial charge >= 0.3 is 0 Å². The predicted octanol–water partition coefficient (Wildman–Crippen LogP) is 7.98. The molecule has 29 heavy (non-hydrogen) atoms. The molecule has 0 aliphatic heterocycles. The highest BCUT2D eigenvalue weighted by Crippen LogP contribution is 2.40. The molecule has 1 saturated carbocycles. The molecule has 3 rings (SSSR count). The lowest BCUT2D eigenvalue weighted by Crippen LogP contribution is -2.07. The molecule has 1 aliphatic rings. The topological polar surface area (TPSA) is 30.7 Å². The summed E-state index contributed by atoms with van der Waals surface area (Å²) in [7, 11) is 3.84. The van der Waals surface area contributed by atoms with Gasteiger partial charge in [-0.05, 0) is 53.7 Å². The van der Waals surface area contributed by atoms with E-state index in [-0.39, 0.29) is 0 Å². The lowest BCUT2D eigenvalue weighted by atomic mass is 10.0. The van der Waals surface area contributed by atoms with Crippen LogP contribution in [0, 0.1) is 0 Å². The average molecular weight is 432 g/mol. The van der Waals surface area contributed by atoms with Crippen LogP contribution in [0.15, 0.2) is 29.4 Å². The Morgan fingerprint density at radius 2 is 1.69 bits per heavy atom. The highest BCUT2D eigenvalue weighted by Gasteiger charge is 2.19. The van der Waals surface area contributed by atoms with Gasteiger partial charge < -0.3 is 0 Å². The summed E-state index contributed by atoms with van der Waals surface area (Å²) in [6.45, 7) is 6.76. The van der Waals surface area contributed by atoms with Gasteiger partial charge in [0.05, 0.1) is 0 Å². The largest absolute Gasteiger partial charge is 0.273 e. The monoisotopic (exact) mass is 431 g/mol. The van der Waals surface area contributed by atoms with Crippen LogP contribution in [0.1, 0.15) is 102 Å². The zero-order valence-electron chi connectivity index (χ0n) is 18.4. The van der Waals surface area contributed by atoms with Gasteiger partial charge in [0, 0.05) is 17.4 Å². The fourth-order valence-electron chi connectivity index (χ4n) is 3.94. The summed E-state index contributed by atoms with van der Waals surface area (Å²) in [6, 6.07) is 9.00. The zero-order chi connectivity index (χ0) is 20.5. The first-order valence-corrected chi connectivity index (χ1v) is 13.8. The quantitative estimate of drug-likeness (QED) is 0.266. The molecule has 0 N–H and O–H groups in total. The summed E-state index contributed by atoms with van der Waals surface area (Å²) in [6.07, 6.45) is 14.3. The minimum atomic E-state index is 0.554. The van der Waals surface area contributed by atoms with Crippen LogP contribution < -0.4 is 0 Å². The molecule has 2 aromatic rings. The van der Waals surface area contributed by atoms with Crippen molar-refractivity contribution >= 4 is 21.6 Å². The number of hydrogen-bond acceptors (Lipinski definition) is 4. The molecule has 5 heteroatoms. The number of benzene rings is 1. The summed E-state index contributed by atoms with van der Waals surface area (Å²) in [4.78, 5) is 0. The number of nitrogens with zero attached hydrogens (tertiary/aromatic N) is 3. The Morgan fingerprint density at radius 1 is 0.966 bits per heavy atom. The van der Waals surface area contributed by atoms with E-state index in [1.54, 1.807) is 0 Å². The standard InChI is InChI=1S/C24H37N3S2/c1-4-5-6-7-11-14-23-25-26-24(29-28-22-12-9-8-10-13-22)27(23)21-17-15-20(16-18-21)19(2)3/h15-19,22H,4-14H2,1-3H3. The van der Waals surface area contributed by atoms with Crippen molar-refractivity contribution < 1.29 is 0 Å². The van der Waals surface area contributed by atoms with Gasteiger partial charge in [0.15, 0.2) is 0 Å². The first-order valence-electron chi connectivity index (χ1n) is 11.6. The first-order chi connectivity index (χ1) is 14.2. The summed E-state index contributed by atoms with van der Waals surface area (Å²) in [5, 5.41) is 11.0. The van der Waals surface area contributed by atoms with Gasteiger partial charge in [-0.2, -0.15) is 0 Å². The highest BCUT2D eigenvalue weighted by atomic mass is 33.1. The predicted molar refractivity (Wildman–Crippen MR) is 128 cm³/mol. The molecule has 0 spiro atoms. The molecule has 0 bridgehead atoms. The van der Waals surface area contributed by atoms with Crippen LogP contribution in [0.5, 0.6) is 0 Å². The minimum absolute atomic E-state index is 0.554. The Kier molecular flexibility index (Phi) is 9.44. The second-order valence-corrected chi connectivity index (χ2v) is 11.1. The molecule has 3 nitrogen and oxygen atoms in total. The maximum Gasteiger partial charge on any atom is 0.206 e. The Labute approximate surface area is 185 Å². The van der Waals surface area contributed by atoms with Gasteiger partial charge in [-0.3, -0.25) is 4.57 Å². The molecule has 0 radical (unpaired) electrons. The second-order valence-electron chi connectivity index (χ2n) is 8.58. The van der Waals surface area contributed by atoms with Crippen LogP contribution in [0.2, 0.25) is 0 Å². The number of unbranched alkanes of at least 4 members (excludes halogenated alkanes) is 4. The number of aromatic nitrogens is 3. The van der Waals surface area contributed by atoms with E-state index in [0.717, 1.165) is 22.7 Å². The molecule has 0 atom stereocenters. The van der Waals surface area contributed by atoms with Gasteiger partial charge in [0.2, 0.25) is 5.16 Å². The second kappa shape index (κ2) is 12.0. The van der Waals surface area contributed by atoms with Crippen LogP contribution in [-0.4, -0.2) is 20.0 Å². The molecule has 1 aliphatic carbocycles. The van der Waals surface area contributed by atoms with Crippen molar-refractivity contribution in [3.05, 3.63) is 35.7 Å². The molecular formula is C24H37N3S2. The van der Waals surface area contributed by atoms with Crippen LogP contribution in [0.4, 0.5) is 0 Å². The molecule has 1 heterocycles.